The van der Waals surface area contributed by atoms with Crippen LogP contribution >= 0.6 is 0 Å². The molecule has 4 nitrogen and oxygen atoms in total. The zero-order valence-electron chi connectivity index (χ0n) is 13.6. The van der Waals surface area contributed by atoms with E-state index in [2.05, 4.69) is 5.32 Å². The first-order chi connectivity index (χ1) is 10.5. The van der Waals surface area contributed by atoms with Crippen molar-refractivity contribution < 1.29 is 14.3 Å². The SMILES string of the molecule is COc1cc(NC(=O)c2c(C)cccc2OC)c(C)cc1C. The lowest BCUT2D eigenvalue weighted by atomic mass is 10.1. The molecule has 0 unspecified atom stereocenters. The first-order valence-corrected chi connectivity index (χ1v) is 7.08. The maximum atomic E-state index is 12.6. The highest BCUT2D eigenvalue weighted by atomic mass is 16.5. The Morgan fingerprint density at radius 3 is 2.23 bits per heavy atom. The molecule has 2 aromatic rings. The highest BCUT2D eigenvalue weighted by molar-refractivity contribution is 6.07. The second-order valence-electron chi connectivity index (χ2n) is 5.24. The van der Waals surface area contributed by atoms with Gasteiger partial charge in [0, 0.05) is 11.8 Å². The van der Waals surface area contributed by atoms with Crippen molar-refractivity contribution in [3.05, 3.63) is 52.6 Å². The molecule has 1 N–H and O–H groups in total. The summed E-state index contributed by atoms with van der Waals surface area (Å²) in [5, 5.41) is 2.95. The van der Waals surface area contributed by atoms with Crippen LogP contribution in [0.25, 0.3) is 0 Å². The molecule has 0 aliphatic carbocycles. The van der Waals surface area contributed by atoms with Crippen molar-refractivity contribution in [2.45, 2.75) is 20.8 Å². The van der Waals surface area contributed by atoms with Gasteiger partial charge in [0.25, 0.3) is 5.91 Å². The van der Waals surface area contributed by atoms with E-state index < -0.39 is 0 Å². The number of hydrogen-bond acceptors (Lipinski definition) is 3. The Labute approximate surface area is 131 Å². The second kappa shape index (κ2) is 6.52. The van der Waals surface area contributed by atoms with E-state index in [1.807, 2.05) is 45.0 Å². The average molecular weight is 299 g/mol. The standard InChI is InChI=1S/C18H21NO3/c1-11-7-6-8-15(21-4)17(11)18(20)19-14-10-16(22-5)13(3)9-12(14)2/h6-10H,1-5H3,(H,19,20). The zero-order valence-corrected chi connectivity index (χ0v) is 13.6. The van der Waals surface area contributed by atoms with E-state index in [1.54, 1.807) is 20.3 Å². The van der Waals surface area contributed by atoms with Gasteiger partial charge < -0.3 is 14.8 Å². The molecule has 0 heterocycles. The summed E-state index contributed by atoms with van der Waals surface area (Å²) in [5.74, 6) is 1.12. The van der Waals surface area contributed by atoms with Crippen LogP contribution in [0.1, 0.15) is 27.0 Å². The number of nitrogens with one attached hydrogen (secondary N) is 1. The van der Waals surface area contributed by atoms with E-state index in [1.165, 1.54) is 0 Å². The number of benzene rings is 2. The number of carbonyl (C=O) groups excluding carboxylic acids is 1. The van der Waals surface area contributed by atoms with Crippen LogP contribution in [-0.2, 0) is 0 Å². The number of carbonyl (C=O) groups is 1. The Morgan fingerprint density at radius 1 is 0.909 bits per heavy atom. The van der Waals surface area contributed by atoms with E-state index in [0.717, 1.165) is 28.1 Å². The summed E-state index contributed by atoms with van der Waals surface area (Å²) >= 11 is 0. The van der Waals surface area contributed by atoms with Crippen LogP contribution in [-0.4, -0.2) is 20.1 Å². The fourth-order valence-corrected chi connectivity index (χ4v) is 2.47. The highest BCUT2D eigenvalue weighted by Gasteiger charge is 2.16. The third-order valence-electron chi connectivity index (χ3n) is 3.67. The van der Waals surface area contributed by atoms with Crippen LogP contribution in [0.5, 0.6) is 11.5 Å². The van der Waals surface area contributed by atoms with E-state index in [9.17, 15) is 4.79 Å². The summed E-state index contributed by atoms with van der Waals surface area (Å²) in [7, 11) is 3.18. The lowest BCUT2D eigenvalue weighted by molar-refractivity contribution is 0.102. The monoisotopic (exact) mass is 299 g/mol. The molecule has 2 rings (SSSR count). The van der Waals surface area contributed by atoms with Crippen LogP contribution in [0.4, 0.5) is 5.69 Å². The Morgan fingerprint density at radius 2 is 1.59 bits per heavy atom. The Bertz CT molecular complexity index is 708. The normalized spacial score (nSPS) is 10.2. The van der Waals surface area contributed by atoms with Crippen LogP contribution < -0.4 is 14.8 Å². The summed E-state index contributed by atoms with van der Waals surface area (Å²) in [5.41, 5.74) is 4.17. The molecule has 116 valence electrons. The molecule has 1 amide bonds. The fraction of sp³-hybridized carbons (Fsp3) is 0.278. The van der Waals surface area contributed by atoms with Crippen molar-refractivity contribution in [2.24, 2.45) is 0 Å². The molecular weight excluding hydrogens is 278 g/mol. The lowest BCUT2D eigenvalue weighted by Gasteiger charge is -2.15. The van der Waals surface area contributed by atoms with E-state index in [-0.39, 0.29) is 5.91 Å². The van der Waals surface area contributed by atoms with Gasteiger partial charge in [-0.15, -0.1) is 0 Å². The average Bonchev–Trinajstić information content (AvgIpc) is 2.49. The van der Waals surface area contributed by atoms with Gasteiger partial charge in [-0.25, -0.2) is 0 Å². The molecule has 0 radical (unpaired) electrons. The summed E-state index contributed by atoms with van der Waals surface area (Å²) in [6.07, 6.45) is 0. The van der Waals surface area contributed by atoms with Gasteiger partial charge in [0.05, 0.1) is 19.8 Å². The summed E-state index contributed by atoms with van der Waals surface area (Å²) in [4.78, 5) is 12.6. The number of ether oxygens (including phenoxy) is 2. The molecule has 0 aliphatic heterocycles. The van der Waals surface area contributed by atoms with E-state index in [0.29, 0.717) is 11.3 Å². The van der Waals surface area contributed by atoms with Crippen molar-refractivity contribution in [3.63, 3.8) is 0 Å². The number of methoxy groups -OCH3 is 2. The summed E-state index contributed by atoms with van der Waals surface area (Å²) in [6, 6.07) is 9.37. The minimum Gasteiger partial charge on any atom is -0.496 e. The number of rotatable bonds is 4. The molecule has 0 saturated heterocycles. The summed E-state index contributed by atoms with van der Waals surface area (Å²) in [6.45, 7) is 5.82. The second-order valence-corrected chi connectivity index (χ2v) is 5.24. The smallest absolute Gasteiger partial charge is 0.259 e. The van der Waals surface area contributed by atoms with E-state index in [4.69, 9.17) is 9.47 Å². The molecular formula is C18H21NO3. The van der Waals surface area contributed by atoms with Crippen molar-refractivity contribution in [3.8, 4) is 11.5 Å². The molecule has 0 spiro atoms. The Hall–Kier alpha value is -2.49. The minimum atomic E-state index is -0.191. The number of hydrogen-bond donors (Lipinski definition) is 1. The first-order valence-electron chi connectivity index (χ1n) is 7.08. The molecule has 2 aromatic carbocycles. The molecule has 0 bridgehead atoms. The topological polar surface area (TPSA) is 47.6 Å². The Balaban J connectivity index is 2.38. The van der Waals surface area contributed by atoms with E-state index >= 15 is 0 Å². The van der Waals surface area contributed by atoms with Crippen molar-refractivity contribution >= 4 is 11.6 Å². The molecule has 4 heteroatoms. The summed E-state index contributed by atoms with van der Waals surface area (Å²) < 4.78 is 10.6. The fourth-order valence-electron chi connectivity index (χ4n) is 2.47. The number of anilines is 1. The molecule has 22 heavy (non-hydrogen) atoms. The van der Waals surface area contributed by atoms with Crippen LogP contribution in [0.2, 0.25) is 0 Å². The van der Waals surface area contributed by atoms with Gasteiger partial charge in [0.2, 0.25) is 0 Å². The van der Waals surface area contributed by atoms with Gasteiger partial charge in [0.15, 0.2) is 0 Å². The third-order valence-corrected chi connectivity index (χ3v) is 3.67. The predicted octanol–water partition coefficient (Wildman–Crippen LogP) is 3.88. The maximum absolute atomic E-state index is 12.6. The van der Waals surface area contributed by atoms with Crippen molar-refractivity contribution in [1.29, 1.82) is 0 Å². The highest BCUT2D eigenvalue weighted by Crippen LogP contribution is 2.28. The maximum Gasteiger partial charge on any atom is 0.259 e. The van der Waals surface area contributed by atoms with Crippen molar-refractivity contribution in [2.75, 3.05) is 19.5 Å². The van der Waals surface area contributed by atoms with Gasteiger partial charge in [0.1, 0.15) is 11.5 Å². The van der Waals surface area contributed by atoms with Crippen LogP contribution in [0.3, 0.4) is 0 Å². The molecule has 0 saturated carbocycles. The van der Waals surface area contributed by atoms with Crippen molar-refractivity contribution in [1.82, 2.24) is 0 Å². The van der Waals surface area contributed by atoms with Gasteiger partial charge in [-0.1, -0.05) is 18.2 Å². The molecule has 0 aromatic heterocycles. The van der Waals surface area contributed by atoms with Gasteiger partial charge in [-0.3, -0.25) is 4.79 Å². The quantitative estimate of drug-likeness (QED) is 0.932. The number of aryl methyl sites for hydroxylation is 3. The lowest BCUT2D eigenvalue weighted by Crippen LogP contribution is -2.15. The van der Waals surface area contributed by atoms with Crippen LogP contribution in [0.15, 0.2) is 30.3 Å². The van der Waals surface area contributed by atoms with Gasteiger partial charge in [-0.2, -0.15) is 0 Å². The zero-order chi connectivity index (χ0) is 16.3. The largest absolute Gasteiger partial charge is 0.496 e. The minimum absolute atomic E-state index is 0.191. The van der Waals surface area contributed by atoms with Crippen LogP contribution in [0, 0.1) is 20.8 Å². The molecule has 0 fully saturated rings. The predicted molar refractivity (Wildman–Crippen MR) is 88.2 cm³/mol. The molecule has 0 atom stereocenters. The Kier molecular flexibility index (Phi) is 4.71. The first kappa shape index (κ1) is 15.9. The van der Waals surface area contributed by atoms with Gasteiger partial charge >= 0.3 is 0 Å². The number of amides is 1. The third kappa shape index (κ3) is 3.06. The van der Waals surface area contributed by atoms with Gasteiger partial charge in [-0.05, 0) is 43.5 Å². The molecule has 0 aliphatic rings.